The highest BCUT2D eigenvalue weighted by Gasteiger charge is 2.55. The number of amides is 1. The number of nitrogens with zero attached hydrogens (tertiary/aromatic N) is 3. The summed E-state index contributed by atoms with van der Waals surface area (Å²) >= 11 is 0. The number of fused-ring (bicyclic) bond motifs is 6. The van der Waals surface area contributed by atoms with Crippen LogP contribution in [0.3, 0.4) is 0 Å². The van der Waals surface area contributed by atoms with Crippen molar-refractivity contribution < 1.29 is 18.3 Å². The fraction of sp³-hybridized carbons (Fsp3) is 0.161. The molecule has 3 aliphatic rings. The summed E-state index contributed by atoms with van der Waals surface area (Å²) in [6.07, 6.45) is 4.04. The highest BCUT2D eigenvalue weighted by Crippen LogP contribution is 2.55. The minimum Gasteiger partial charge on any atom is -0.482 e. The van der Waals surface area contributed by atoms with E-state index < -0.39 is 22.6 Å². The maximum absolute atomic E-state index is 14.8. The fourth-order valence-electron chi connectivity index (χ4n) is 6.19. The van der Waals surface area contributed by atoms with Crippen LogP contribution in [-0.2, 0) is 18.6 Å². The molecule has 2 aliphatic carbocycles. The first kappa shape index (κ1) is 23.4. The molecule has 1 atom stereocenters. The van der Waals surface area contributed by atoms with Crippen LogP contribution in [0.2, 0.25) is 0 Å². The fourth-order valence-corrected chi connectivity index (χ4v) is 6.19. The van der Waals surface area contributed by atoms with E-state index in [1.54, 1.807) is 17.9 Å². The molecule has 194 valence electrons. The molecule has 0 spiro atoms. The second kappa shape index (κ2) is 8.39. The van der Waals surface area contributed by atoms with Gasteiger partial charge in [-0.25, -0.2) is 8.78 Å². The summed E-state index contributed by atoms with van der Waals surface area (Å²) < 4.78 is 36.8. The molecule has 0 N–H and O–H groups in total. The van der Waals surface area contributed by atoms with Gasteiger partial charge in [0.1, 0.15) is 18.8 Å². The summed E-state index contributed by atoms with van der Waals surface area (Å²) in [5.74, 6) is -2.29. The summed E-state index contributed by atoms with van der Waals surface area (Å²) in [6, 6.07) is 21.1. The molecule has 2 heterocycles. The van der Waals surface area contributed by atoms with E-state index in [1.807, 2.05) is 65.7 Å². The first-order chi connectivity index (χ1) is 18.9. The van der Waals surface area contributed by atoms with Crippen molar-refractivity contribution >= 4 is 12.0 Å². The lowest BCUT2D eigenvalue weighted by Crippen LogP contribution is -2.61. The molecule has 7 rings (SSSR count). The third-order valence-corrected chi connectivity index (χ3v) is 7.87. The molecule has 1 aliphatic heterocycles. The van der Waals surface area contributed by atoms with Gasteiger partial charge >= 0.3 is 0 Å². The molecule has 0 bridgehead atoms. The van der Waals surface area contributed by atoms with Gasteiger partial charge in [0.25, 0.3) is 5.91 Å². The Morgan fingerprint density at radius 1 is 0.923 bits per heavy atom. The molecule has 3 aromatic carbocycles. The van der Waals surface area contributed by atoms with Crippen LogP contribution in [0.4, 0.5) is 8.78 Å². The van der Waals surface area contributed by atoms with E-state index in [1.165, 1.54) is 23.1 Å². The van der Waals surface area contributed by atoms with Crippen molar-refractivity contribution in [3.63, 3.8) is 0 Å². The second-order valence-corrected chi connectivity index (χ2v) is 10.1. The van der Waals surface area contributed by atoms with Crippen molar-refractivity contribution in [2.45, 2.75) is 18.6 Å². The van der Waals surface area contributed by atoms with E-state index in [0.29, 0.717) is 17.5 Å². The van der Waals surface area contributed by atoms with E-state index >= 15 is 0 Å². The maximum Gasteiger partial charge on any atom is 0.277 e. The van der Waals surface area contributed by atoms with E-state index in [9.17, 15) is 18.4 Å². The molecule has 0 saturated carbocycles. The maximum atomic E-state index is 14.8. The lowest BCUT2D eigenvalue weighted by Gasteiger charge is -2.49. The van der Waals surface area contributed by atoms with Gasteiger partial charge in [0.05, 0.1) is 0 Å². The first-order valence-electron chi connectivity index (χ1n) is 12.6. The number of hydrogen-bond donors (Lipinski definition) is 0. The van der Waals surface area contributed by atoms with Crippen LogP contribution in [0.25, 0.3) is 6.08 Å². The Kier molecular flexibility index (Phi) is 5.04. The number of rotatable bonds is 4. The molecule has 0 radical (unpaired) electrons. The zero-order chi connectivity index (χ0) is 26.9. The van der Waals surface area contributed by atoms with Gasteiger partial charge in [-0.15, -0.1) is 0 Å². The minimum absolute atomic E-state index is 0.0559. The van der Waals surface area contributed by atoms with Gasteiger partial charge in [0.2, 0.25) is 5.43 Å². The average Bonchev–Trinajstić information content (AvgIpc) is 3.42. The Hall–Kier alpha value is -4.72. The number of benzene rings is 3. The van der Waals surface area contributed by atoms with Gasteiger partial charge in [0.15, 0.2) is 23.1 Å². The molecule has 6 nitrogen and oxygen atoms in total. The predicted molar refractivity (Wildman–Crippen MR) is 142 cm³/mol. The molecule has 8 heteroatoms. The largest absolute Gasteiger partial charge is 0.482 e. The molecule has 4 aromatic rings. The van der Waals surface area contributed by atoms with Gasteiger partial charge < -0.3 is 9.64 Å². The van der Waals surface area contributed by atoms with E-state index in [2.05, 4.69) is 0 Å². The van der Waals surface area contributed by atoms with Gasteiger partial charge in [-0.2, -0.15) is 0 Å². The molecule has 1 aromatic heterocycles. The van der Waals surface area contributed by atoms with Crippen LogP contribution in [0.1, 0.15) is 38.3 Å². The number of pyridine rings is 1. The van der Waals surface area contributed by atoms with Gasteiger partial charge in [-0.3, -0.25) is 19.3 Å². The highest BCUT2D eigenvalue weighted by atomic mass is 19.2. The van der Waals surface area contributed by atoms with E-state index in [4.69, 9.17) is 4.74 Å². The van der Waals surface area contributed by atoms with Crippen LogP contribution in [0, 0.1) is 11.6 Å². The number of hydrogen-bond acceptors (Lipinski definition) is 4. The van der Waals surface area contributed by atoms with Crippen molar-refractivity contribution in [3.8, 4) is 5.75 Å². The van der Waals surface area contributed by atoms with Crippen LogP contribution < -0.4 is 15.2 Å². The molecule has 0 saturated heterocycles. The Morgan fingerprint density at radius 2 is 1.67 bits per heavy atom. The van der Waals surface area contributed by atoms with Crippen LogP contribution >= 0.6 is 0 Å². The Bertz CT molecular complexity index is 1770. The summed E-state index contributed by atoms with van der Waals surface area (Å²) in [5.41, 5.74) is 3.58. The van der Waals surface area contributed by atoms with Crippen LogP contribution in [0.5, 0.6) is 5.75 Å². The number of carbonyl (C=O) groups excluding carboxylic acids is 1. The Labute approximate surface area is 223 Å². The van der Waals surface area contributed by atoms with Crippen molar-refractivity contribution in [2.24, 2.45) is 0 Å². The number of aromatic nitrogens is 1. The van der Waals surface area contributed by atoms with Crippen LogP contribution in [0.15, 0.2) is 89.4 Å². The molecule has 39 heavy (non-hydrogen) atoms. The quantitative estimate of drug-likeness (QED) is 0.393. The average molecular weight is 524 g/mol. The van der Waals surface area contributed by atoms with Gasteiger partial charge in [-0.1, -0.05) is 60.7 Å². The third-order valence-electron chi connectivity index (χ3n) is 7.87. The normalized spacial score (nSPS) is 18.8. The zero-order valence-corrected chi connectivity index (χ0v) is 21.0. The SMILES string of the molecule is CN1CN(C23C(=Cc4cc(F)c(F)cc42)Cc2ccccc23)n2ccc(=O)c(OCc3ccccc3)c2C1=O. The monoisotopic (exact) mass is 523 g/mol. The molecule has 1 unspecified atom stereocenters. The lowest BCUT2D eigenvalue weighted by molar-refractivity contribution is 0.0712. The van der Waals surface area contributed by atoms with Crippen molar-refractivity contribution in [1.82, 2.24) is 9.58 Å². The van der Waals surface area contributed by atoms with Crippen LogP contribution in [-0.4, -0.2) is 29.2 Å². The van der Waals surface area contributed by atoms with Gasteiger partial charge in [-0.05, 0) is 51.9 Å². The first-order valence-corrected chi connectivity index (χ1v) is 12.6. The molecule has 0 fully saturated rings. The van der Waals surface area contributed by atoms with Gasteiger partial charge in [0, 0.05) is 19.3 Å². The minimum atomic E-state index is -1.02. The van der Waals surface area contributed by atoms with Crippen molar-refractivity contribution in [3.05, 3.63) is 140 Å². The number of ether oxygens (including phenoxy) is 1. The Morgan fingerprint density at radius 3 is 2.49 bits per heavy atom. The smallest absolute Gasteiger partial charge is 0.277 e. The zero-order valence-electron chi connectivity index (χ0n) is 21.0. The summed E-state index contributed by atoms with van der Waals surface area (Å²) in [6.45, 7) is 0.244. The van der Waals surface area contributed by atoms with Crippen molar-refractivity contribution in [1.29, 1.82) is 0 Å². The topological polar surface area (TPSA) is 54.8 Å². The molecule has 1 amide bonds. The summed E-state index contributed by atoms with van der Waals surface area (Å²) in [7, 11) is 1.65. The summed E-state index contributed by atoms with van der Waals surface area (Å²) in [5, 5.41) is 1.94. The molecular formula is C31H23F2N3O3. The highest BCUT2D eigenvalue weighted by molar-refractivity contribution is 5.96. The number of halogens is 2. The number of carbonyl (C=O) groups is 1. The van der Waals surface area contributed by atoms with E-state index in [-0.39, 0.29) is 30.6 Å². The predicted octanol–water partition coefficient (Wildman–Crippen LogP) is 4.58. The van der Waals surface area contributed by atoms with E-state index in [0.717, 1.165) is 22.3 Å². The Balaban J connectivity index is 1.46. The molecular weight excluding hydrogens is 500 g/mol. The second-order valence-electron chi connectivity index (χ2n) is 10.1. The lowest BCUT2D eigenvalue weighted by atomic mass is 9.83. The summed E-state index contributed by atoms with van der Waals surface area (Å²) in [4.78, 5) is 28.2. The van der Waals surface area contributed by atoms with Crippen molar-refractivity contribution in [2.75, 3.05) is 18.7 Å². The third kappa shape index (κ3) is 3.24. The standard InChI is InChI=1S/C31H23F2N3O3/c1-34-18-36(35-12-11-27(37)29(28(35)30(34)38)39-17-19-7-3-2-4-8-19)31-22(13-20-9-5-6-10-23(20)31)14-21-15-25(32)26(33)16-24(21)31/h2-12,14-16H,13,17-18H2,1H3.